The molecular formula is C25H13N3O. The highest BCUT2D eigenvalue weighted by Gasteiger charge is 2.12. The van der Waals surface area contributed by atoms with Gasteiger partial charge in [0, 0.05) is 33.9 Å². The Labute approximate surface area is 164 Å². The standard InChI is InChI=1S/C25H13N3O/c1-2-15-16(21-12-26-10-9-14(1)21)4-7-23-19(15)11-20-17-3-6-22-25(28-13-27-22)18(17)5-8-24(20)29-23/h1-13H. The predicted octanol–water partition coefficient (Wildman–Crippen LogP) is 6.38. The van der Waals surface area contributed by atoms with Gasteiger partial charge in [0.2, 0.25) is 0 Å². The average molecular weight is 371 g/mol. The van der Waals surface area contributed by atoms with Gasteiger partial charge >= 0.3 is 0 Å². The minimum Gasteiger partial charge on any atom is -0.456 e. The molecule has 4 aromatic carbocycles. The SMILES string of the molecule is c1cc2ccc3c4cc5c(ccc6c5ccc5ncnc56)oc4ccc3c2cn1. The molecule has 0 aliphatic carbocycles. The number of benzene rings is 4. The molecule has 0 N–H and O–H groups in total. The number of pyridine rings is 1. The summed E-state index contributed by atoms with van der Waals surface area (Å²) in [5.74, 6) is 0. The molecule has 4 heteroatoms. The monoisotopic (exact) mass is 371 g/mol. The number of fused-ring (bicyclic) bond motifs is 10. The van der Waals surface area contributed by atoms with E-state index in [1.165, 1.54) is 16.2 Å². The summed E-state index contributed by atoms with van der Waals surface area (Å²) in [6.07, 6.45) is 5.38. The van der Waals surface area contributed by atoms with Gasteiger partial charge in [0.05, 0.1) is 11.0 Å². The molecule has 0 atom stereocenters. The normalized spacial score (nSPS) is 12.1. The fourth-order valence-corrected chi connectivity index (χ4v) is 4.49. The van der Waals surface area contributed by atoms with E-state index in [1.54, 1.807) is 6.33 Å². The molecule has 4 nitrogen and oxygen atoms in total. The van der Waals surface area contributed by atoms with Crippen molar-refractivity contribution in [3.63, 3.8) is 0 Å². The molecule has 0 saturated heterocycles. The third kappa shape index (κ3) is 1.95. The van der Waals surface area contributed by atoms with Crippen molar-refractivity contribution in [2.45, 2.75) is 0 Å². The summed E-state index contributed by atoms with van der Waals surface area (Å²) in [6, 6.07) is 21.0. The van der Waals surface area contributed by atoms with Crippen molar-refractivity contribution in [3.8, 4) is 0 Å². The highest BCUT2D eigenvalue weighted by atomic mass is 16.3. The zero-order valence-electron chi connectivity index (χ0n) is 15.3. The van der Waals surface area contributed by atoms with Crippen LogP contribution in [-0.2, 0) is 0 Å². The molecule has 3 heterocycles. The minimum atomic E-state index is 0.866. The molecule has 0 bridgehead atoms. The summed E-state index contributed by atoms with van der Waals surface area (Å²) < 4.78 is 6.32. The van der Waals surface area contributed by atoms with E-state index in [4.69, 9.17) is 4.42 Å². The van der Waals surface area contributed by atoms with Crippen LogP contribution in [0.1, 0.15) is 0 Å². The van der Waals surface area contributed by atoms with Crippen LogP contribution < -0.4 is 0 Å². The van der Waals surface area contributed by atoms with Gasteiger partial charge < -0.3 is 4.42 Å². The van der Waals surface area contributed by atoms with Gasteiger partial charge in [-0.1, -0.05) is 18.2 Å². The van der Waals surface area contributed by atoms with Crippen LogP contribution in [0.4, 0.5) is 0 Å². The van der Waals surface area contributed by atoms with Gasteiger partial charge in [0.25, 0.3) is 0 Å². The van der Waals surface area contributed by atoms with E-state index >= 15 is 0 Å². The Morgan fingerprint density at radius 2 is 1.31 bits per heavy atom. The number of hydrogen-bond donors (Lipinski definition) is 0. The zero-order chi connectivity index (χ0) is 18.9. The molecule has 0 fully saturated rings. The second-order valence-electron chi connectivity index (χ2n) is 7.36. The third-order valence-electron chi connectivity index (χ3n) is 5.87. The highest BCUT2D eigenvalue weighted by molar-refractivity contribution is 6.20. The molecule has 0 saturated carbocycles. The van der Waals surface area contributed by atoms with E-state index in [0.717, 1.165) is 49.1 Å². The molecule has 29 heavy (non-hydrogen) atoms. The topological polar surface area (TPSA) is 51.8 Å². The van der Waals surface area contributed by atoms with E-state index < -0.39 is 0 Å². The van der Waals surface area contributed by atoms with Crippen molar-refractivity contribution in [3.05, 3.63) is 79.4 Å². The molecule has 0 spiro atoms. The molecule has 0 aliphatic rings. The fourth-order valence-electron chi connectivity index (χ4n) is 4.49. The zero-order valence-corrected chi connectivity index (χ0v) is 15.3. The molecule has 0 unspecified atom stereocenters. The number of nitrogens with zero attached hydrogens (tertiary/aromatic N) is 3. The molecule has 7 rings (SSSR count). The molecule has 0 aliphatic heterocycles. The van der Waals surface area contributed by atoms with Crippen LogP contribution in [0.2, 0.25) is 0 Å². The smallest absolute Gasteiger partial charge is 0.135 e. The predicted molar refractivity (Wildman–Crippen MR) is 117 cm³/mol. The van der Waals surface area contributed by atoms with Crippen molar-refractivity contribution in [2.24, 2.45) is 0 Å². The largest absolute Gasteiger partial charge is 0.456 e. The van der Waals surface area contributed by atoms with Crippen LogP contribution in [0.5, 0.6) is 0 Å². The van der Waals surface area contributed by atoms with Gasteiger partial charge in [0.1, 0.15) is 17.5 Å². The van der Waals surface area contributed by atoms with Gasteiger partial charge in [-0.15, -0.1) is 0 Å². The van der Waals surface area contributed by atoms with Gasteiger partial charge in [0.15, 0.2) is 0 Å². The maximum atomic E-state index is 6.32. The van der Waals surface area contributed by atoms with E-state index in [-0.39, 0.29) is 0 Å². The molecule has 0 amide bonds. The van der Waals surface area contributed by atoms with Crippen LogP contribution in [0.15, 0.2) is 83.8 Å². The van der Waals surface area contributed by atoms with Crippen molar-refractivity contribution in [2.75, 3.05) is 0 Å². The van der Waals surface area contributed by atoms with Crippen molar-refractivity contribution >= 4 is 65.3 Å². The van der Waals surface area contributed by atoms with Crippen molar-refractivity contribution in [1.29, 1.82) is 0 Å². The first-order chi connectivity index (χ1) is 14.4. The Bertz CT molecular complexity index is 1770. The number of rotatable bonds is 0. The maximum Gasteiger partial charge on any atom is 0.135 e. The number of aromatic nitrogens is 3. The summed E-state index contributed by atoms with van der Waals surface area (Å²) in [6.45, 7) is 0. The first kappa shape index (κ1) is 14.9. The molecular weight excluding hydrogens is 358 g/mol. The Morgan fingerprint density at radius 1 is 0.586 bits per heavy atom. The summed E-state index contributed by atoms with van der Waals surface area (Å²) in [5.41, 5.74) is 3.59. The Balaban J connectivity index is 1.68. The van der Waals surface area contributed by atoms with E-state index in [0.29, 0.717) is 0 Å². The van der Waals surface area contributed by atoms with E-state index in [1.807, 2.05) is 30.6 Å². The second-order valence-corrected chi connectivity index (χ2v) is 7.36. The second kappa shape index (κ2) is 5.26. The highest BCUT2D eigenvalue weighted by Crippen LogP contribution is 2.36. The van der Waals surface area contributed by atoms with Gasteiger partial charge in [-0.05, 0) is 64.0 Å². The van der Waals surface area contributed by atoms with Crippen molar-refractivity contribution in [1.82, 2.24) is 15.0 Å². The first-order valence-corrected chi connectivity index (χ1v) is 9.52. The molecule has 134 valence electrons. The number of hydrogen-bond acceptors (Lipinski definition) is 4. The maximum absolute atomic E-state index is 6.32. The van der Waals surface area contributed by atoms with E-state index in [9.17, 15) is 0 Å². The Morgan fingerprint density at radius 3 is 2.21 bits per heavy atom. The molecule has 7 aromatic rings. The summed E-state index contributed by atoms with van der Waals surface area (Å²) >= 11 is 0. The molecule has 3 aromatic heterocycles. The lowest BCUT2D eigenvalue weighted by Gasteiger charge is -2.10. The first-order valence-electron chi connectivity index (χ1n) is 9.52. The third-order valence-corrected chi connectivity index (χ3v) is 5.87. The average Bonchev–Trinajstić information content (AvgIpc) is 3.26. The Hall–Kier alpha value is -4.05. The van der Waals surface area contributed by atoms with E-state index in [2.05, 4.69) is 57.4 Å². The van der Waals surface area contributed by atoms with Crippen molar-refractivity contribution < 1.29 is 4.42 Å². The van der Waals surface area contributed by atoms with Crippen LogP contribution >= 0.6 is 0 Å². The van der Waals surface area contributed by atoms with Crippen LogP contribution in [0, 0.1) is 0 Å². The lowest BCUT2D eigenvalue weighted by molar-refractivity contribution is 0.662. The lowest BCUT2D eigenvalue weighted by atomic mass is 9.98. The van der Waals surface area contributed by atoms with Crippen LogP contribution in [0.3, 0.4) is 0 Å². The summed E-state index contributed by atoms with van der Waals surface area (Å²) in [7, 11) is 0. The quantitative estimate of drug-likeness (QED) is 0.229. The minimum absolute atomic E-state index is 0.866. The summed E-state index contributed by atoms with van der Waals surface area (Å²) in [5, 5.41) is 9.09. The van der Waals surface area contributed by atoms with Crippen LogP contribution in [0.25, 0.3) is 65.3 Å². The number of imidazole rings is 1. The van der Waals surface area contributed by atoms with Gasteiger partial charge in [-0.25, -0.2) is 9.97 Å². The van der Waals surface area contributed by atoms with Gasteiger partial charge in [-0.2, -0.15) is 0 Å². The van der Waals surface area contributed by atoms with Crippen LogP contribution in [-0.4, -0.2) is 15.0 Å². The lowest BCUT2D eigenvalue weighted by Crippen LogP contribution is -1.84. The fraction of sp³-hybridized carbons (Fsp3) is 0. The molecule has 0 radical (unpaired) electrons. The Kier molecular flexibility index (Phi) is 2.71. The summed E-state index contributed by atoms with van der Waals surface area (Å²) in [4.78, 5) is 13.1. The van der Waals surface area contributed by atoms with Gasteiger partial charge in [-0.3, -0.25) is 4.98 Å².